The Bertz CT molecular complexity index is 1140. The van der Waals surface area contributed by atoms with Gasteiger partial charge in [-0.15, -0.1) is 0 Å². The summed E-state index contributed by atoms with van der Waals surface area (Å²) >= 11 is 5.27. The van der Waals surface area contributed by atoms with Gasteiger partial charge in [-0.3, -0.25) is 14.2 Å². The second-order valence-electron chi connectivity index (χ2n) is 7.19. The third kappa shape index (κ3) is 4.14. The average molecular weight is 420 g/mol. The van der Waals surface area contributed by atoms with Gasteiger partial charge in [-0.1, -0.05) is 12.1 Å². The van der Waals surface area contributed by atoms with Crippen molar-refractivity contribution in [2.24, 2.45) is 7.05 Å². The fourth-order valence-corrected chi connectivity index (χ4v) is 3.53. The Morgan fingerprint density at radius 2 is 1.97 bits per heavy atom. The van der Waals surface area contributed by atoms with E-state index in [1.54, 1.807) is 36.0 Å². The number of thiocarbonyl (C=S) groups is 1. The molecular weight excluding hydrogens is 401 g/mol. The number of halogens is 3. The summed E-state index contributed by atoms with van der Waals surface area (Å²) in [6, 6.07) is 10.8. The largest absolute Gasteiger partial charge is 0.416 e. The monoisotopic (exact) mass is 420 g/mol. The molecule has 0 aliphatic heterocycles. The number of fused-ring (bicyclic) bond motifs is 1. The topological polar surface area (TPSA) is 51.0 Å². The molecule has 1 heterocycles. The Balaban J connectivity index is 1.64. The van der Waals surface area contributed by atoms with Crippen LogP contribution in [0.15, 0.2) is 47.3 Å². The van der Waals surface area contributed by atoms with Gasteiger partial charge >= 0.3 is 6.18 Å². The van der Waals surface area contributed by atoms with Gasteiger partial charge in [-0.05, 0) is 61.0 Å². The molecule has 4 rings (SSSR count). The standard InChI is InChI=1S/C20H19F3N4OS/c1-26-18(28)16-10-15(25-19(29)24-14-5-6-14)7-8-17(16)27(26)11-12-3-2-4-13(9-12)20(21,22)23/h2-4,7-10,14H,5-6,11H2,1H3,(H2,24,25,29). The van der Waals surface area contributed by atoms with Crippen LogP contribution in [0.4, 0.5) is 18.9 Å². The Morgan fingerprint density at radius 1 is 1.21 bits per heavy atom. The summed E-state index contributed by atoms with van der Waals surface area (Å²) in [5.41, 5.74) is 0.853. The Kier molecular flexibility index (Phi) is 4.85. The van der Waals surface area contributed by atoms with Crippen molar-refractivity contribution in [3.8, 4) is 0 Å². The molecule has 5 nitrogen and oxygen atoms in total. The van der Waals surface area contributed by atoms with Crippen molar-refractivity contribution in [2.45, 2.75) is 31.6 Å². The van der Waals surface area contributed by atoms with E-state index in [0.29, 0.717) is 33.3 Å². The summed E-state index contributed by atoms with van der Waals surface area (Å²) in [7, 11) is 1.60. The Morgan fingerprint density at radius 3 is 2.66 bits per heavy atom. The molecule has 1 aliphatic rings. The van der Waals surface area contributed by atoms with E-state index in [1.807, 2.05) is 0 Å². The van der Waals surface area contributed by atoms with Gasteiger partial charge in [0.05, 0.1) is 23.0 Å². The molecule has 1 saturated carbocycles. The fraction of sp³-hybridized carbons (Fsp3) is 0.300. The SMILES string of the molecule is Cn1c(=O)c2cc(NC(=S)NC3CC3)ccc2n1Cc1cccc(C(F)(F)F)c1. The zero-order valence-corrected chi connectivity index (χ0v) is 16.4. The molecule has 0 unspecified atom stereocenters. The molecule has 152 valence electrons. The molecule has 1 aliphatic carbocycles. The van der Waals surface area contributed by atoms with Crippen LogP contribution in [0.5, 0.6) is 0 Å². The van der Waals surface area contributed by atoms with Gasteiger partial charge in [-0.25, -0.2) is 0 Å². The number of benzene rings is 2. The van der Waals surface area contributed by atoms with Crippen molar-refractivity contribution < 1.29 is 13.2 Å². The number of aromatic nitrogens is 2. The van der Waals surface area contributed by atoms with Crippen LogP contribution in [-0.2, 0) is 19.8 Å². The predicted molar refractivity (Wildman–Crippen MR) is 110 cm³/mol. The third-order valence-corrected chi connectivity index (χ3v) is 5.14. The smallest absolute Gasteiger partial charge is 0.360 e. The lowest BCUT2D eigenvalue weighted by molar-refractivity contribution is -0.137. The van der Waals surface area contributed by atoms with E-state index in [-0.39, 0.29) is 12.1 Å². The Labute approximate surface area is 170 Å². The molecule has 29 heavy (non-hydrogen) atoms. The highest BCUT2D eigenvalue weighted by molar-refractivity contribution is 7.80. The maximum atomic E-state index is 13.0. The summed E-state index contributed by atoms with van der Waals surface area (Å²) in [6.45, 7) is 0.146. The summed E-state index contributed by atoms with van der Waals surface area (Å²) in [6.07, 6.45) is -2.21. The summed E-state index contributed by atoms with van der Waals surface area (Å²) in [5, 5.41) is 7.22. The lowest BCUT2D eigenvalue weighted by Crippen LogP contribution is -2.30. The average Bonchev–Trinajstić information content (AvgIpc) is 3.45. The summed E-state index contributed by atoms with van der Waals surface area (Å²) in [4.78, 5) is 12.7. The fourth-order valence-electron chi connectivity index (χ4n) is 3.25. The van der Waals surface area contributed by atoms with E-state index in [2.05, 4.69) is 10.6 Å². The van der Waals surface area contributed by atoms with E-state index in [0.717, 1.165) is 25.0 Å². The molecule has 3 aromatic rings. The van der Waals surface area contributed by atoms with Crippen LogP contribution in [0.3, 0.4) is 0 Å². The molecule has 1 fully saturated rings. The minimum absolute atomic E-state index is 0.146. The molecule has 0 saturated heterocycles. The van der Waals surface area contributed by atoms with Crippen LogP contribution in [0.2, 0.25) is 0 Å². The summed E-state index contributed by atoms with van der Waals surface area (Å²) in [5.74, 6) is 0. The number of rotatable bonds is 4. The zero-order valence-electron chi connectivity index (χ0n) is 15.6. The molecule has 0 spiro atoms. The number of alkyl halides is 3. The minimum Gasteiger partial charge on any atom is -0.360 e. The summed E-state index contributed by atoms with van der Waals surface area (Å²) < 4.78 is 42.0. The van der Waals surface area contributed by atoms with E-state index in [1.165, 1.54) is 10.7 Å². The van der Waals surface area contributed by atoms with Crippen molar-refractivity contribution in [3.05, 3.63) is 63.9 Å². The van der Waals surface area contributed by atoms with Crippen LogP contribution in [0.25, 0.3) is 10.9 Å². The molecular formula is C20H19F3N4OS. The van der Waals surface area contributed by atoms with Gasteiger partial charge < -0.3 is 10.6 Å². The number of anilines is 1. The van der Waals surface area contributed by atoms with Crippen molar-refractivity contribution in [2.75, 3.05) is 5.32 Å². The van der Waals surface area contributed by atoms with Crippen LogP contribution in [0.1, 0.15) is 24.0 Å². The second kappa shape index (κ2) is 7.22. The first-order valence-corrected chi connectivity index (χ1v) is 9.56. The predicted octanol–water partition coefficient (Wildman–Crippen LogP) is 3.86. The van der Waals surface area contributed by atoms with Gasteiger partial charge in [0.2, 0.25) is 0 Å². The first kappa shape index (κ1) is 19.5. The van der Waals surface area contributed by atoms with Gasteiger partial charge in [0.15, 0.2) is 5.11 Å². The molecule has 0 radical (unpaired) electrons. The van der Waals surface area contributed by atoms with Gasteiger partial charge in [0, 0.05) is 18.8 Å². The van der Waals surface area contributed by atoms with E-state index < -0.39 is 11.7 Å². The van der Waals surface area contributed by atoms with Gasteiger partial charge in [0.25, 0.3) is 5.56 Å². The van der Waals surface area contributed by atoms with Crippen LogP contribution in [0, 0.1) is 0 Å². The maximum Gasteiger partial charge on any atom is 0.416 e. The highest BCUT2D eigenvalue weighted by Gasteiger charge is 2.30. The van der Waals surface area contributed by atoms with E-state index in [4.69, 9.17) is 12.2 Å². The van der Waals surface area contributed by atoms with Crippen molar-refractivity contribution in [3.63, 3.8) is 0 Å². The molecule has 0 bridgehead atoms. The number of nitrogens with one attached hydrogen (secondary N) is 2. The lowest BCUT2D eigenvalue weighted by Gasteiger charge is -2.12. The number of hydrogen-bond acceptors (Lipinski definition) is 2. The first-order valence-electron chi connectivity index (χ1n) is 9.15. The molecule has 2 N–H and O–H groups in total. The van der Waals surface area contributed by atoms with Crippen LogP contribution in [-0.4, -0.2) is 20.5 Å². The number of nitrogens with zero attached hydrogens (tertiary/aromatic N) is 2. The molecule has 0 amide bonds. The molecule has 2 aromatic carbocycles. The third-order valence-electron chi connectivity index (χ3n) is 4.92. The zero-order chi connectivity index (χ0) is 20.8. The van der Waals surface area contributed by atoms with Gasteiger partial charge in [-0.2, -0.15) is 13.2 Å². The van der Waals surface area contributed by atoms with Gasteiger partial charge in [0.1, 0.15) is 0 Å². The van der Waals surface area contributed by atoms with Crippen molar-refractivity contribution in [1.29, 1.82) is 0 Å². The highest BCUT2D eigenvalue weighted by Crippen LogP contribution is 2.30. The first-order chi connectivity index (χ1) is 13.7. The molecule has 1 aromatic heterocycles. The normalized spacial score (nSPS) is 14.2. The molecule has 0 atom stereocenters. The second-order valence-corrected chi connectivity index (χ2v) is 7.60. The van der Waals surface area contributed by atoms with E-state index >= 15 is 0 Å². The number of hydrogen-bond donors (Lipinski definition) is 2. The van der Waals surface area contributed by atoms with E-state index in [9.17, 15) is 18.0 Å². The van der Waals surface area contributed by atoms with Crippen LogP contribution < -0.4 is 16.2 Å². The van der Waals surface area contributed by atoms with Crippen LogP contribution >= 0.6 is 12.2 Å². The quantitative estimate of drug-likeness (QED) is 0.630. The molecule has 9 heteroatoms. The van der Waals surface area contributed by atoms with Crippen molar-refractivity contribution >= 4 is 33.9 Å². The minimum atomic E-state index is -4.41. The lowest BCUT2D eigenvalue weighted by atomic mass is 10.1. The van der Waals surface area contributed by atoms with Crippen molar-refractivity contribution in [1.82, 2.24) is 14.7 Å². The Hall–Kier alpha value is -2.81. The highest BCUT2D eigenvalue weighted by atomic mass is 32.1. The maximum absolute atomic E-state index is 13.0.